The molecule has 0 saturated carbocycles. The third kappa shape index (κ3) is 3.43. The molecule has 0 spiro atoms. The lowest BCUT2D eigenvalue weighted by atomic mass is 10.1. The fraction of sp³-hybridized carbons (Fsp3) is 0.143. The average molecular weight is 293 g/mol. The average Bonchev–Trinajstić information content (AvgIpc) is 2.83. The van der Waals surface area contributed by atoms with Crippen molar-refractivity contribution in [3.05, 3.63) is 56.7 Å². The lowest BCUT2D eigenvalue weighted by Crippen LogP contribution is -2.20. The van der Waals surface area contributed by atoms with E-state index in [2.05, 4.69) is 10.5 Å². The Morgan fingerprint density at radius 2 is 2.00 bits per heavy atom. The molecule has 0 unspecified atom stereocenters. The molecule has 0 saturated heterocycles. The molecule has 0 atom stereocenters. The van der Waals surface area contributed by atoms with E-state index in [1.165, 1.54) is 11.3 Å². The Morgan fingerprint density at radius 3 is 2.63 bits per heavy atom. The number of rotatable bonds is 3. The molecule has 1 aromatic heterocycles. The maximum absolute atomic E-state index is 12.0. The monoisotopic (exact) mass is 292 g/mol. The summed E-state index contributed by atoms with van der Waals surface area (Å²) in [5.74, 6) is -0.208. The van der Waals surface area contributed by atoms with Gasteiger partial charge < -0.3 is 0 Å². The molecule has 0 bridgehead atoms. The highest BCUT2D eigenvalue weighted by Crippen LogP contribution is 2.21. The van der Waals surface area contributed by atoms with E-state index in [-0.39, 0.29) is 5.91 Å². The van der Waals surface area contributed by atoms with Crippen molar-refractivity contribution < 1.29 is 4.79 Å². The van der Waals surface area contributed by atoms with Gasteiger partial charge in [0.2, 0.25) is 0 Å². The first kappa shape index (κ1) is 13.8. The fourth-order valence-electron chi connectivity index (χ4n) is 1.59. The van der Waals surface area contributed by atoms with E-state index in [0.717, 1.165) is 16.2 Å². The quantitative estimate of drug-likeness (QED) is 0.677. The molecule has 1 aromatic carbocycles. The van der Waals surface area contributed by atoms with E-state index in [1.807, 2.05) is 44.2 Å². The summed E-state index contributed by atoms with van der Waals surface area (Å²) >= 11 is 7.29. The van der Waals surface area contributed by atoms with Crippen LogP contribution >= 0.6 is 22.9 Å². The summed E-state index contributed by atoms with van der Waals surface area (Å²) in [6, 6.07) is 11.1. The van der Waals surface area contributed by atoms with Crippen LogP contribution in [0.3, 0.4) is 0 Å². The molecule has 98 valence electrons. The van der Waals surface area contributed by atoms with Crippen molar-refractivity contribution in [1.82, 2.24) is 5.43 Å². The number of hydrazone groups is 1. The second-order valence-corrected chi connectivity index (χ2v) is 5.77. The normalized spacial score (nSPS) is 11.4. The van der Waals surface area contributed by atoms with Gasteiger partial charge in [-0.3, -0.25) is 4.79 Å². The second-order valence-electron chi connectivity index (χ2n) is 4.06. The third-order valence-corrected chi connectivity index (χ3v) is 3.98. The highest BCUT2D eigenvalue weighted by atomic mass is 35.5. The fourth-order valence-corrected chi connectivity index (χ4v) is 2.57. The molecule has 2 aromatic rings. The molecule has 0 radical (unpaired) electrons. The number of amides is 1. The Labute approximate surface area is 120 Å². The van der Waals surface area contributed by atoms with Crippen molar-refractivity contribution in [2.45, 2.75) is 13.8 Å². The number of thiophene rings is 1. The molecule has 0 aliphatic rings. The molecule has 0 fully saturated rings. The summed E-state index contributed by atoms with van der Waals surface area (Å²) in [6.45, 7) is 3.73. The van der Waals surface area contributed by atoms with E-state index in [1.54, 1.807) is 6.07 Å². The van der Waals surface area contributed by atoms with Crippen LogP contribution in [0.5, 0.6) is 0 Å². The summed E-state index contributed by atoms with van der Waals surface area (Å²) in [5.41, 5.74) is 4.85. The van der Waals surface area contributed by atoms with Gasteiger partial charge in [-0.1, -0.05) is 29.8 Å². The predicted molar refractivity (Wildman–Crippen MR) is 80.2 cm³/mol. The molecule has 1 N–H and O–H groups in total. The van der Waals surface area contributed by atoms with E-state index < -0.39 is 0 Å². The summed E-state index contributed by atoms with van der Waals surface area (Å²) in [7, 11) is 0. The minimum absolute atomic E-state index is 0.208. The first-order chi connectivity index (χ1) is 9.08. The molecular weight excluding hydrogens is 280 g/mol. The highest BCUT2D eigenvalue weighted by Gasteiger charge is 2.07. The molecule has 5 heteroatoms. The van der Waals surface area contributed by atoms with E-state index in [9.17, 15) is 4.79 Å². The zero-order valence-corrected chi connectivity index (χ0v) is 12.2. The van der Waals surface area contributed by atoms with Gasteiger partial charge in [-0.25, -0.2) is 5.43 Å². The minimum atomic E-state index is -0.208. The van der Waals surface area contributed by atoms with Gasteiger partial charge in [0.05, 0.1) is 14.9 Å². The molecule has 2 rings (SSSR count). The van der Waals surface area contributed by atoms with Gasteiger partial charge >= 0.3 is 0 Å². The van der Waals surface area contributed by atoms with Gasteiger partial charge in [-0.05, 0) is 37.6 Å². The predicted octanol–water partition coefficient (Wildman–Crippen LogP) is 3.86. The minimum Gasteiger partial charge on any atom is -0.267 e. The van der Waals surface area contributed by atoms with Crippen LogP contribution in [0.1, 0.15) is 27.7 Å². The van der Waals surface area contributed by atoms with Gasteiger partial charge in [-0.2, -0.15) is 5.10 Å². The van der Waals surface area contributed by atoms with Crippen LogP contribution in [-0.2, 0) is 0 Å². The number of carbonyl (C=O) groups is 1. The van der Waals surface area contributed by atoms with Gasteiger partial charge in [0.25, 0.3) is 5.91 Å². The number of carbonyl (C=O) groups excluding carboxylic acids is 1. The molecule has 1 amide bonds. The number of aryl methyl sites for hydroxylation is 1. The van der Waals surface area contributed by atoms with Crippen LogP contribution in [0, 0.1) is 6.92 Å². The zero-order chi connectivity index (χ0) is 13.8. The number of hydrogen-bond acceptors (Lipinski definition) is 3. The van der Waals surface area contributed by atoms with E-state index in [4.69, 9.17) is 11.6 Å². The molecule has 1 heterocycles. The number of hydrogen-bond donors (Lipinski definition) is 1. The summed E-state index contributed by atoms with van der Waals surface area (Å²) in [6.07, 6.45) is 0. The Hall–Kier alpha value is -1.65. The maximum Gasteiger partial charge on any atom is 0.271 e. The largest absolute Gasteiger partial charge is 0.271 e. The Bertz CT molecular complexity index is 634. The van der Waals surface area contributed by atoms with Crippen LogP contribution in [0.25, 0.3) is 0 Å². The van der Waals surface area contributed by atoms with Crippen LogP contribution in [0.2, 0.25) is 4.34 Å². The highest BCUT2D eigenvalue weighted by molar-refractivity contribution is 7.18. The number of nitrogens with one attached hydrogen (secondary N) is 1. The first-order valence-electron chi connectivity index (χ1n) is 5.74. The molecular formula is C14H13ClN2OS. The third-order valence-electron chi connectivity index (χ3n) is 2.64. The van der Waals surface area contributed by atoms with Gasteiger partial charge in [0.1, 0.15) is 0 Å². The molecule has 0 aliphatic heterocycles. The van der Waals surface area contributed by atoms with Crippen LogP contribution in [0.4, 0.5) is 0 Å². The topological polar surface area (TPSA) is 41.5 Å². The van der Waals surface area contributed by atoms with Gasteiger partial charge in [0, 0.05) is 5.56 Å². The zero-order valence-electron chi connectivity index (χ0n) is 10.6. The van der Waals surface area contributed by atoms with Crippen molar-refractivity contribution >= 4 is 34.6 Å². The van der Waals surface area contributed by atoms with Crippen molar-refractivity contribution in [3.8, 4) is 0 Å². The smallest absolute Gasteiger partial charge is 0.267 e. The first-order valence-corrected chi connectivity index (χ1v) is 6.93. The summed E-state index contributed by atoms with van der Waals surface area (Å²) in [4.78, 5) is 12.9. The Kier molecular flexibility index (Phi) is 4.35. The van der Waals surface area contributed by atoms with Crippen LogP contribution in [0.15, 0.2) is 41.5 Å². The lowest BCUT2D eigenvalue weighted by Gasteiger charge is -2.04. The van der Waals surface area contributed by atoms with E-state index >= 15 is 0 Å². The Morgan fingerprint density at radius 1 is 1.26 bits per heavy atom. The SMILES string of the molecule is CC(=NNC(=O)c1ccccc1C)c1ccc(Cl)s1. The van der Waals surface area contributed by atoms with Crippen LogP contribution in [-0.4, -0.2) is 11.6 Å². The second kappa shape index (κ2) is 5.99. The maximum atomic E-state index is 12.0. The standard InChI is InChI=1S/C14H13ClN2OS/c1-9-5-3-4-6-11(9)14(18)17-16-10(2)12-7-8-13(15)19-12/h3-8H,1-2H3,(H,17,18). The van der Waals surface area contributed by atoms with E-state index in [0.29, 0.717) is 9.90 Å². The molecule has 0 aliphatic carbocycles. The molecule has 3 nitrogen and oxygen atoms in total. The van der Waals surface area contributed by atoms with Crippen LogP contribution < -0.4 is 5.43 Å². The van der Waals surface area contributed by atoms with Gasteiger partial charge in [-0.15, -0.1) is 11.3 Å². The van der Waals surface area contributed by atoms with Crippen molar-refractivity contribution in [2.24, 2.45) is 5.10 Å². The summed E-state index contributed by atoms with van der Waals surface area (Å²) < 4.78 is 0.704. The van der Waals surface area contributed by atoms with Crippen molar-refractivity contribution in [2.75, 3.05) is 0 Å². The molecule has 19 heavy (non-hydrogen) atoms. The number of nitrogens with zero attached hydrogens (tertiary/aromatic N) is 1. The number of benzene rings is 1. The van der Waals surface area contributed by atoms with Gasteiger partial charge in [0.15, 0.2) is 0 Å². The lowest BCUT2D eigenvalue weighted by molar-refractivity contribution is 0.0954. The Balaban J connectivity index is 2.10. The number of halogens is 1. The summed E-state index contributed by atoms with van der Waals surface area (Å²) in [5, 5.41) is 4.09. The van der Waals surface area contributed by atoms with Crippen molar-refractivity contribution in [3.63, 3.8) is 0 Å². The van der Waals surface area contributed by atoms with Crippen molar-refractivity contribution in [1.29, 1.82) is 0 Å².